The molecule has 1 unspecified atom stereocenters. The van der Waals surface area contributed by atoms with E-state index in [2.05, 4.69) is 26.1 Å². The third-order valence-corrected chi connectivity index (χ3v) is 4.11. The Kier molecular flexibility index (Phi) is 13.4. The Morgan fingerprint density at radius 1 is 1.07 bits per heavy atom. The highest BCUT2D eigenvalue weighted by atomic mass is 16.5. The fraction of sp³-hybridized carbons (Fsp3) is 0.458. The van der Waals surface area contributed by atoms with E-state index in [4.69, 9.17) is 15.3 Å². The molecular formula is C24H38N2O3. The number of aliphatic hydroxyl groups excluding tert-OH is 1. The largest absolute Gasteiger partial charge is 0.455 e. The van der Waals surface area contributed by atoms with Crippen LogP contribution in [-0.4, -0.2) is 30.6 Å². The van der Waals surface area contributed by atoms with Gasteiger partial charge in [-0.2, -0.15) is 0 Å². The van der Waals surface area contributed by atoms with E-state index in [0.717, 1.165) is 30.7 Å². The van der Waals surface area contributed by atoms with Crippen LogP contribution in [0.1, 0.15) is 58.9 Å². The molecule has 5 nitrogen and oxygen atoms in total. The van der Waals surface area contributed by atoms with Gasteiger partial charge >= 0.3 is 0 Å². The smallest absolute Gasteiger partial charge is 0.150 e. The topological polar surface area (TPSA) is 84.6 Å². The van der Waals surface area contributed by atoms with Gasteiger partial charge in [0.25, 0.3) is 0 Å². The molecule has 29 heavy (non-hydrogen) atoms. The molecule has 0 aliphatic heterocycles. The van der Waals surface area contributed by atoms with Gasteiger partial charge in [-0.15, -0.1) is 0 Å². The molecule has 162 valence electrons. The Morgan fingerprint density at radius 2 is 1.69 bits per heavy atom. The van der Waals surface area contributed by atoms with Gasteiger partial charge < -0.3 is 25.7 Å². The number of nitrogens with two attached hydrogens (primary N) is 1. The van der Waals surface area contributed by atoms with Crippen LogP contribution < -0.4 is 15.8 Å². The molecule has 0 amide bonds. The van der Waals surface area contributed by atoms with Crippen molar-refractivity contribution < 1.29 is 14.6 Å². The molecule has 2 rings (SSSR count). The summed E-state index contributed by atoms with van der Waals surface area (Å²) in [6.07, 6.45) is 1.67. The molecule has 2 aromatic carbocycles. The Labute approximate surface area is 176 Å². The summed E-state index contributed by atoms with van der Waals surface area (Å²) in [6.45, 7) is 13.5. The van der Waals surface area contributed by atoms with Crippen molar-refractivity contribution in [3.63, 3.8) is 0 Å². The Balaban J connectivity index is 0.00000184. The van der Waals surface area contributed by atoms with E-state index in [1.807, 2.05) is 69.2 Å². The van der Waals surface area contributed by atoms with Crippen LogP contribution in [0, 0.1) is 0 Å². The average molecular weight is 403 g/mol. The van der Waals surface area contributed by atoms with Crippen molar-refractivity contribution in [2.75, 3.05) is 18.9 Å². The zero-order valence-corrected chi connectivity index (χ0v) is 18.6. The van der Waals surface area contributed by atoms with Crippen LogP contribution in [0.15, 0.2) is 48.5 Å². The quantitative estimate of drug-likeness (QED) is 0.532. The summed E-state index contributed by atoms with van der Waals surface area (Å²) in [5.41, 5.74) is 7.93. The van der Waals surface area contributed by atoms with E-state index < -0.39 is 0 Å². The first-order valence-electron chi connectivity index (χ1n) is 10.2. The van der Waals surface area contributed by atoms with Crippen LogP contribution in [-0.2, 0) is 4.79 Å². The van der Waals surface area contributed by atoms with Gasteiger partial charge in [0.2, 0.25) is 0 Å². The number of aliphatic hydroxyl groups is 1. The molecule has 0 aromatic heterocycles. The maximum atomic E-state index is 9.44. The van der Waals surface area contributed by atoms with Gasteiger partial charge in [0.05, 0.1) is 5.69 Å². The molecule has 0 aliphatic rings. The minimum absolute atomic E-state index is 0.0897. The van der Waals surface area contributed by atoms with Crippen molar-refractivity contribution in [3.05, 3.63) is 54.1 Å². The number of rotatable bonds is 8. The molecule has 0 aliphatic carbocycles. The fourth-order valence-electron chi connectivity index (χ4n) is 2.76. The second-order valence-corrected chi connectivity index (χ2v) is 7.39. The van der Waals surface area contributed by atoms with Crippen molar-refractivity contribution in [1.82, 2.24) is 5.32 Å². The van der Waals surface area contributed by atoms with Crippen molar-refractivity contribution in [1.29, 1.82) is 0 Å². The van der Waals surface area contributed by atoms with Gasteiger partial charge in [-0.3, -0.25) is 0 Å². The molecule has 0 saturated heterocycles. The SMILES string of the molecule is C=O.CC.CC(C)(C)NCCC(CCO)c1ccc(N)c(Oc2ccccc2)c1. The maximum absolute atomic E-state index is 9.44. The van der Waals surface area contributed by atoms with E-state index >= 15 is 0 Å². The lowest BCUT2D eigenvalue weighted by atomic mass is 9.92. The van der Waals surface area contributed by atoms with Gasteiger partial charge in [-0.1, -0.05) is 38.1 Å². The predicted octanol–water partition coefficient (Wildman–Crippen LogP) is 5.15. The van der Waals surface area contributed by atoms with Gasteiger partial charge in [0, 0.05) is 12.1 Å². The first-order chi connectivity index (χ1) is 13.9. The predicted molar refractivity (Wildman–Crippen MR) is 123 cm³/mol. The van der Waals surface area contributed by atoms with Crippen molar-refractivity contribution in [2.24, 2.45) is 0 Å². The summed E-state index contributed by atoms with van der Waals surface area (Å²) in [6, 6.07) is 15.5. The van der Waals surface area contributed by atoms with Crippen LogP contribution in [0.2, 0.25) is 0 Å². The monoisotopic (exact) mass is 402 g/mol. The number of carbonyl (C=O) groups is 1. The highest BCUT2D eigenvalue weighted by Gasteiger charge is 2.15. The van der Waals surface area contributed by atoms with Crippen LogP contribution >= 0.6 is 0 Å². The molecule has 0 saturated carbocycles. The first-order valence-corrected chi connectivity index (χ1v) is 10.2. The lowest BCUT2D eigenvalue weighted by molar-refractivity contribution is -0.0979. The molecule has 0 spiro atoms. The minimum Gasteiger partial charge on any atom is -0.455 e. The first kappa shape index (κ1) is 26.6. The van der Waals surface area contributed by atoms with Crippen molar-refractivity contribution in [3.8, 4) is 11.5 Å². The molecule has 0 radical (unpaired) electrons. The van der Waals surface area contributed by atoms with Gasteiger partial charge in [-0.05, 0) is 75.9 Å². The number of hydrogen-bond donors (Lipinski definition) is 3. The van der Waals surface area contributed by atoms with E-state index in [1.165, 1.54) is 0 Å². The molecule has 5 heteroatoms. The van der Waals surface area contributed by atoms with E-state index in [0.29, 0.717) is 11.4 Å². The number of nitrogens with one attached hydrogen (secondary N) is 1. The standard InChI is InChI=1S/C21H30N2O2.C2H6.CH2O/c1-21(2,3)23-13-11-16(12-14-24)17-9-10-19(22)20(15-17)25-18-7-5-4-6-8-18;2*1-2/h4-10,15-16,23-24H,11-14,22H2,1-3H3;1-2H3;1H2. The number of nitrogen functional groups attached to an aromatic ring is 1. The number of anilines is 1. The molecule has 4 N–H and O–H groups in total. The third kappa shape index (κ3) is 10.7. The number of para-hydroxylation sites is 1. The average Bonchev–Trinajstić information content (AvgIpc) is 2.72. The zero-order chi connectivity index (χ0) is 22.3. The number of carbonyl (C=O) groups excluding carboxylic acids is 1. The second-order valence-electron chi connectivity index (χ2n) is 7.39. The normalized spacial score (nSPS) is 11.4. The van der Waals surface area contributed by atoms with Crippen molar-refractivity contribution >= 4 is 12.5 Å². The van der Waals surface area contributed by atoms with Crippen molar-refractivity contribution in [2.45, 2.75) is 58.9 Å². The van der Waals surface area contributed by atoms with Gasteiger partial charge in [0.1, 0.15) is 12.5 Å². The molecule has 2 aromatic rings. The second kappa shape index (κ2) is 14.6. The number of hydrogen-bond acceptors (Lipinski definition) is 5. The third-order valence-electron chi connectivity index (χ3n) is 4.11. The lowest BCUT2D eigenvalue weighted by Crippen LogP contribution is -2.36. The molecule has 0 bridgehead atoms. The highest BCUT2D eigenvalue weighted by Crippen LogP contribution is 2.33. The minimum atomic E-state index is 0.0897. The van der Waals surface area contributed by atoms with E-state index in [-0.39, 0.29) is 18.1 Å². The summed E-state index contributed by atoms with van der Waals surface area (Å²) in [5.74, 6) is 1.69. The maximum Gasteiger partial charge on any atom is 0.150 e. The van der Waals surface area contributed by atoms with Gasteiger partial charge in [-0.25, -0.2) is 0 Å². The summed E-state index contributed by atoms with van der Waals surface area (Å²) in [5, 5.41) is 12.9. The Bertz CT molecular complexity index is 670. The van der Waals surface area contributed by atoms with Crippen LogP contribution in [0.5, 0.6) is 11.5 Å². The number of ether oxygens (including phenoxy) is 1. The molecule has 0 fully saturated rings. The molecule has 1 atom stereocenters. The Hall–Kier alpha value is -2.37. The van der Waals surface area contributed by atoms with E-state index in [9.17, 15) is 5.11 Å². The van der Waals surface area contributed by atoms with E-state index in [1.54, 1.807) is 0 Å². The fourth-order valence-corrected chi connectivity index (χ4v) is 2.76. The van der Waals surface area contributed by atoms with Crippen LogP contribution in [0.4, 0.5) is 5.69 Å². The summed E-state index contributed by atoms with van der Waals surface area (Å²) in [7, 11) is 0. The lowest BCUT2D eigenvalue weighted by Gasteiger charge is -2.23. The van der Waals surface area contributed by atoms with Crippen LogP contribution in [0.3, 0.4) is 0 Å². The zero-order valence-electron chi connectivity index (χ0n) is 18.6. The summed E-state index contributed by atoms with van der Waals surface area (Å²) >= 11 is 0. The summed E-state index contributed by atoms with van der Waals surface area (Å²) < 4.78 is 5.93. The summed E-state index contributed by atoms with van der Waals surface area (Å²) in [4.78, 5) is 8.00. The molecular weight excluding hydrogens is 364 g/mol. The number of benzene rings is 2. The van der Waals surface area contributed by atoms with Gasteiger partial charge in [0.15, 0.2) is 5.75 Å². The molecule has 0 heterocycles. The highest BCUT2D eigenvalue weighted by molar-refractivity contribution is 5.56. The Morgan fingerprint density at radius 3 is 2.24 bits per heavy atom. The van der Waals surface area contributed by atoms with Crippen LogP contribution in [0.25, 0.3) is 0 Å².